The van der Waals surface area contributed by atoms with E-state index in [0.29, 0.717) is 25.3 Å². The maximum absolute atomic E-state index is 12.6. The van der Waals surface area contributed by atoms with Crippen LogP contribution in [0, 0.1) is 5.92 Å². The van der Waals surface area contributed by atoms with E-state index in [0.717, 1.165) is 5.41 Å². The fraction of sp³-hybridized carbons (Fsp3) is 0.467. The molecule has 1 aromatic rings. The van der Waals surface area contributed by atoms with Crippen LogP contribution in [0.25, 0.3) is 0 Å². The van der Waals surface area contributed by atoms with Gasteiger partial charge in [-0.15, -0.1) is 0 Å². The first-order chi connectivity index (χ1) is 11.3. The van der Waals surface area contributed by atoms with Gasteiger partial charge in [-0.2, -0.15) is 4.31 Å². The van der Waals surface area contributed by atoms with Gasteiger partial charge in [-0.1, -0.05) is 6.58 Å². The molecule has 7 nitrogen and oxygen atoms in total. The molecule has 0 amide bonds. The van der Waals surface area contributed by atoms with Gasteiger partial charge in [0.15, 0.2) is 0 Å². The smallest absolute Gasteiger partial charge is 0.243 e. The van der Waals surface area contributed by atoms with Gasteiger partial charge in [-0.25, -0.2) is 21.6 Å². The van der Waals surface area contributed by atoms with Crippen molar-refractivity contribution in [2.45, 2.75) is 18.2 Å². The molecule has 1 aliphatic rings. The number of nitrogens with one attached hydrogen (secondary N) is 1. The third-order valence-corrected chi connectivity index (χ3v) is 6.70. The highest BCUT2D eigenvalue weighted by Gasteiger charge is 2.32. The van der Waals surface area contributed by atoms with E-state index in [1.165, 1.54) is 16.4 Å². The average molecular weight is 374 g/mol. The number of nitrogens with zero attached hydrogens (tertiary/aromatic N) is 1. The Morgan fingerprint density at radius 2 is 1.96 bits per heavy atom. The van der Waals surface area contributed by atoms with E-state index in [1.54, 1.807) is 12.1 Å². The van der Waals surface area contributed by atoms with E-state index < -0.39 is 20.0 Å². The van der Waals surface area contributed by atoms with E-state index >= 15 is 0 Å². The molecule has 2 rings (SSSR count). The highest BCUT2D eigenvalue weighted by Crippen LogP contribution is 2.25. The summed E-state index contributed by atoms with van der Waals surface area (Å²) in [6, 6.07) is 6.30. The second-order valence-corrected chi connectivity index (χ2v) is 9.13. The van der Waals surface area contributed by atoms with Crippen LogP contribution in [0.1, 0.15) is 13.3 Å². The summed E-state index contributed by atoms with van der Waals surface area (Å²) in [5.74, 6) is 0.562. The number of ether oxygens (including phenoxy) is 1. The molecule has 1 saturated heterocycles. The summed E-state index contributed by atoms with van der Waals surface area (Å²) in [5.41, 5.74) is 0. The average Bonchev–Trinajstić information content (AvgIpc) is 3.04. The number of hydrogen-bond acceptors (Lipinski definition) is 5. The van der Waals surface area contributed by atoms with Gasteiger partial charge in [0.1, 0.15) is 5.75 Å². The summed E-state index contributed by atoms with van der Waals surface area (Å²) < 4.78 is 57.1. The first-order valence-electron chi connectivity index (χ1n) is 7.63. The van der Waals surface area contributed by atoms with Crippen LogP contribution in [0.4, 0.5) is 0 Å². The lowest BCUT2D eigenvalue weighted by atomic mass is 10.1. The van der Waals surface area contributed by atoms with Crippen molar-refractivity contribution in [3.05, 3.63) is 36.3 Å². The predicted octanol–water partition coefficient (Wildman–Crippen LogP) is 1.16. The van der Waals surface area contributed by atoms with Gasteiger partial charge in [0.25, 0.3) is 0 Å². The van der Waals surface area contributed by atoms with E-state index in [1.807, 2.05) is 6.92 Å². The Balaban J connectivity index is 2.02. The van der Waals surface area contributed by atoms with Crippen molar-refractivity contribution < 1.29 is 21.6 Å². The van der Waals surface area contributed by atoms with Crippen molar-refractivity contribution in [2.24, 2.45) is 5.92 Å². The normalized spacial score (nSPS) is 19.3. The van der Waals surface area contributed by atoms with Gasteiger partial charge < -0.3 is 4.74 Å². The number of benzene rings is 1. The van der Waals surface area contributed by atoms with Crippen molar-refractivity contribution in [1.82, 2.24) is 9.03 Å². The lowest BCUT2D eigenvalue weighted by Gasteiger charge is -2.17. The Kier molecular flexibility index (Phi) is 6.02. The van der Waals surface area contributed by atoms with E-state index in [4.69, 9.17) is 4.74 Å². The zero-order valence-electron chi connectivity index (χ0n) is 13.5. The Labute approximate surface area is 143 Å². The Morgan fingerprint density at radius 3 is 2.54 bits per heavy atom. The second kappa shape index (κ2) is 7.64. The molecule has 0 spiro atoms. The largest absolute Gasteiger partial charge is 0.494 e. The van der Waals surface area contributed by atoms with Gasteiger partial charge in [0, 0.05) is 25.0 Å². The zero-order chi connectivity index (χ0) is 17.8. The maximum atomic E-state index is 12.6. The first-order valence-corrected chi connectivity index (χ1v) is 10.6. The van der Waals surface area contributed by atoms with Crippen molar-refractivity contribution in [3.63, 3.8) is 0 Å². The molecule has 134 valence electrons. The Morgan fingerprint density at radius 1 is 1.29 bits per heavy atom. The third kappa shape index (κ3) is 4.56. The topological polar surface area (TPSA) is 92.8 Å². The van der Waals surface area contributed by atoms with Crippen LogP contribution in [0.2, 0.25) is 0 Å². The summed E-state index contributed by atoms with van der Waals surface area (Å²) in [7, 11) is -7.07. The lowest BCUT2D eigenvalue weighted by molar-refractivity contribution is 0.340. The van der Waals surface area contributed by atoms with Gasteiger partial charge >= 0.3 is 0 Å². The van der Waals surface area contributed by atoms with Crippen LogP contribution in [0.15, 0.2) is 41.1 Å². The summed E-state index contributed by atoms with van der Waals surface area (Å²) in [5, 5.41) is 0.844. The van der Waals surface area contributed by atoms with Crippen LogP contribution < -0.4 is 9.46 Å². The van der Waals surface area contributed by atoms with Crippen LogP contribution in [-0.4, -0.2) is 47.4 Å². The molecule has 24 heavy (non-hydrogen) atoms. The molecule has 1 N–H and O–H groups in total. The summed E-state index contributed by atoms with van der Waals surface area (Å²) in [4.78, 5) is 0.207. The van der Waals surface area contributed by atoms with Crippen molar-refractivity contribution in [2.75, 3.05) is 26.2 Å². The Hall–Kier alpha value is -1.42. The van der Waals surface area contributed by atoms with Crippen LogP contribution in [0.5, 0.6) is 5.75 Å². The monoisotopic (exact) mass is 374 g/mol. The highest BCUT2D eigenvalue weighted by atomic mass is 32.2. The van der Waals surface area contributed by atoms with Gasteiger partial charge in [0.05, 0.1) is 11.5 Å². The molecule has 1 aromatic carbocycles. The van der Waals surface area contributed by atoms with Crippen LogP contribution in [0.3, 0.4) is 0 Å². The van der Waals surface area contributed by atoms with Crippen molar-refractivity contribution in [3.8, 4) is 5.75 Å². The van der Waals surface area contributed by atoms with Crippen LogP contribution in [-0.2, 0) is 20.0 Å². The van der Waals surface area contributed by atoms with E-state index in [9.17, 15) is 16.8 Å². The van der Waals surface area contributed by atoms with Crippen molar-refractivity contribution in [1.29, 1.82) is 0 Å². The minimum atomic E-state index is -3.58. The minimum Gasteiger partial charge on any atom is -0.494 e. The molecule has 0 radical (unpaired) electrons. The van der Waals surface area contributed by atoms with Crippen LogP contribution >= 0.6 is 0 Å². The van der Waals surface area contributed by atoms with Gasteiger partial charge in [0.2, 0.25) is 20.0 Å². The number of rotatable bonds is 8. The fourth-order valence-electron chi connectivity index (χ4n) is 2.50. The molecule has 9 heteroatoms. The highest BCUT2D eigenvalue weighted by molar-refractivity contribution is 7.92. The standard InChI is InChI=1S/C15H22N2O5S2/c1-3-22-14-5-7-15(8-6-14)24(20,21)17-10-9-13(12-17)11-16-23(18,19)4-2/h4-8,13,16H,2-3,9-12H2,1H3/t13-/m1/s1. The molecule has 0 unspecified atom stereocenters. The Bertz CT molecular complexity index is 773. The molecule has 1 heterocycles. The first kappa shape index (κ1) is 18.9. The van der Waals surface area contributed by atoms with E-state index in [-0.39, 0.29) is 23.9 Å². The van der Waals surface area contributed by atoms with Crippen molar-refractivity contribution >= 4 is 20.0 Å². The second-order valence-electron chi connectivity index (χ2n) is 5.48. The fourth-order valence-corrected chi connectivity index (χ4v) is 4.62. The molecular weight excluding hydrogens is 352 g/mol. The molecule has 0 saturated carbocycles. The third-order valence-electron chi connectivity index (χ3n) is 3.81. The molecule has 0 aromatic heterocycles. The van der Waals surface area contributed by atoms with E-state index in [2.05, 4.69) is 11.3 Å². The molecule has 0 bridgehead atoms. The number of sulfonamides is 2. The summed E-state index contributed by atoms with van der Waals surface area (Å²) in [6.07, 6.45) is 0.607. The summed E-state index contributed by atoms with van der Waals surface area (Å²) >= 11 is 0. The SMILES string of the molecule is C=CS(=O)(=O)NC[C@H]1CCN(S(=O)(=O)c2ccc(OCC)cc2)C1. The maximum Gasteiger partial charge on any atom is 0.243 e. The minimum absolute atomic E-state index is 0.0582. The van der Waals surface area contributed by atoms with Gasteiger partial charge in [-0.3, -0.25) is 0 Å². The summed E-state index contributed by atoms with van der Waals surface area (Å²) in [6.45, 7) is 6.45. The molecular formula is C15H22N2O5S2. The molecule has 1 aliphatic heterocycles. The number of hydrogen-bond donors (Lipinski definition) is 1. The van der Waals surface area contributed by atoms with Gasteiger partial charge in [-0.05, 0) is 43.5 Å². The predicted molar refractivity (Wildman–Crippen MR) is 91.6 cm³/mol. The zero-order valence-corrected chi connectivity index (χ0v) is 15.1. The lowest BCUT2D eigenvalue weighted by Crippen LogP contribution is -2.32. The quantitative estimate of drug-likeness (QED) is 0.737. The molecule has 0 aliphatic carbocycles. The molecule has 1 fully saturated rings. The molecule has 1 atom stereocenters.